The molecule has 1 N–H and O–H groups in total. The molecule has 0 bridgehead atoms. The van der Waals surface area contributed by atoms with Gasteiger partial charge in [0, 0.05) is 18.2 Å². The third-order valence-corrected chi connectivity index (χ3v) is 2.51. The summed E-state index contributed by atoms with van der Waals surface area (Å²) in [7, 11) is 1.62. The molecule has 1 amide bonds. The number of nitrogens with one attached hydrogen (secondary N) is 1. The average molecular weight is 215 g/mol. The highest BCUT2D eigenvalue weighted by Crippen LogP contribution is 2.24. The minimum atomic E-state index is -0.0900. The Balaban J connectivity index is 2.49. The second kappa shape index (κ2) is 4.23. The van der Waals surface area contributed by atoms with Crippen molar-refractivity contribution < 1.29 is 9.21 Å². The van der Waals surface area contributed by atoms with Crippen molar-refractivity contribution in [1.82, 2.24) is 5.32 Å². The third kappa shape index (κ3) is 1.84. The van der Waals surface area contributed by atoms with Gasteiger partial charge in [-0.15, -0.1) is 0 Å². The van der Waals surface area contributed by atoms with Gasteiger partial charge in [-0.25, -0.2) is 0 Å². The summed E-state index contributed by atoms with van der Waals surface area (Å²) in [5, 5.41) is 2.60. The van der Waals surface area contributed by atoms with E-state index in [1.54, 1.807) is 19.4 Å². The van der Waals surface area contributed by atoms with Gasteiger partial charge in [-0.05, 0) is 36.8 Å². The first-order chi connectivity index (χ1) is 7.72. The fraction of sp³-hybridized carbons (Fsp3) is 0.154. The molecular formula is C13H13NO2. The normalized spacial score (nSPS) is 10.1. The lowest BCUT2D eigenvalue weighted by Gasteiger charge is -2.05. The van der Waals surface area contributed by atoms with Gasteiger partial charge in [-0.3, -0.25) is 4.79 Å². The molecule has 3 nitrogen and oxygen atoms in total. The Morgan fingerprint density at radius 3 is 2.75 bits per heavy atom. The summed E-state index contributed by atoms with van der Waals surface area (Å²) in [6.07, 6.45) is 1.63. The molecule has 0 unspecified atom stereocenters. The zero-order chi connectivity index (χ0) is 11.5. The van der Waals surface area contributed by atoms with Crippen LogP contribution in [0.4, 0.5) is 0 Å². The Labute approximate surface area is 94.1 Å². The molecule has 0 aliphatic heterocycles. The van der Waals surface area contributed by atoms with Crippen molar-refractivity contribution in [3.8, 4) is 11.3 Å². The molecule has 1 aromatic carbocycles. The lowest BCUT2D eigenvalue weighted by molar-refractivity contribution is 0.0963. The first kappa shape index (κ1) is 10.5. The van der Waals surface area contributed by atoms with Crippen LogP contribution in [0.5, 0.6) is 0 Å². The molecule has 0 aliphatic carbocycles. The Kier molecular flexibility index (Phi) is 2.77. The summed E-state index contributed by atoms with van der Waals surface area (Å²) >= 11 is 0. The van der Waals surface area contributed by atoms with Crippen molar-refractivity contribution in [2.45, 2.75) is 6.92 Å². The topological polar surface area (TPSA) is 42.2 Å². The van der Waals surface area contributed by atoms with Crippen LogP contribution in [0.2, 0.25) is 0 Å². The fourth-order valence-corrected chi connectivity index (χ4v) is 1.60. The highest BCUT2D eigenvalue weighted by atomic mass is 16.3. The van der Waals surface area contributed by atoms with Crippen molar-refractivity contribution in [3.63, 3.8) is 0 Å². The van der Waals surface area contributed by atoms with Crippen molar-refractivity contribution in [2.75, 3.05) is 7.05 Å². The highest BCUT2D eigenvalue weighted by molar-refractivity contribution is 5.95. The van der Waals surface area contributed by atoms with E-state index in [9.17, 15) is 4.79 Å². The molecule has 1 heterocycles. The summed E-state index contributed by atoms with van der Waals surface area (Å²) < 4.78 is 5.34. The number of hydrogen-bond acceptors (Lipinski definition) is 2. The van der Waals surface area contributed by atoms with Gasteiger partial charge in [0.25, 0.3) is 5.91 Å². The van der Waals surface area contributed by atoms with E-state index >= 15 is 0 Å². The van der Waals surface area contributed by atoms with E-state index in [0.29, 0.717) is 5.56 Å². The predicted octanol–water partition coefficient (Wildman–Crippen LogP) is 2.61. The minimum Gasteiger partial charge on any atom is -0.464 e. The summed E-state index contributed by atoms with van der Waals surface area (Å²) in [4.78, 5) is 11.5. The van der Waals surface area contributed by atoms with Crippen molar-refractivity contribution in [1.29, 1.82) is 0 Å². The van der Waals surface area contributed by atoms with Gasteiger partial charge in [0.05, 0.1) is 6.26 Å². The maximum atomic E-state index is 11.5. The van der Waals surface area contributed by atoms with Gasteiger partial charge in [-0.1, -0.05) is 6.07 Å². The van der Waals surface area contributed by atoms with E-state index in [1.165, 1.54) is 0 Å². The zero-order valence-corrected chi connectivity index (χ0v) is 9.28. The van der Waals surface area contributed by atoms with Crippen LogP contribution in [0.3, 0.4) is 0 Å². The number of carbonyl (C=O) groups excluding carboxylic acids is 1. The minimum absolute atomic E-state index is 0.0900. The van der Waals surface area contributed by atoms with Gasteiger partial charge in [0.2, 0.25) is 0 Å². The second-order valence-electron chi connectivity index (χ2n) is 3.59. The summed E-state index contributed by atoms with van der Waals surface area (Å²) in [6.45, 7) is 1.99. The molecule has 0 spiro atoms. The molecule has 1 aromatic heterocycles. The van der Waals surface area contributed by atoms with Crippen LogP contribution in [0.15, 0.2) is 41.0 Å². The smallest absolute Gasteiger partial charge is 0.251 e. The number of carbonyl (C=O) groups is 1. The number of amides is 1. The van der Waals surface area contributed by atoms with E-state index < -0.39 is 0 Å². The molecule has 0 fully saturated rings. The van der Waals surface area contributed by atoms with Crippen LogP contribution < -0.4 is 5.32 Å². The largest absolute Gasteiger partial charge is 0.464 e. The highest BCUT2D eigenvalue weighted by Gasteiger charge is 2.09. The standard InChI is InChI=1S/C13H13NO2/c1-9-5-6-10(13(15)14-2)8-11(9)12-4-3-7-16-12/h3-8H,1-2H3,(H,14,15). The summed E-state index contributed by atoms with van der Waals surface area (Å²) in [5.41, 5.74) is 2.67. The lowest BCUT2D eigenvalue weighted by atomic mass is 10.0. The Bertz CT molecular complexity index is 501. The van der Waals surface area contributed by atoms with E-state index in [-0.39, 0.29) is 5.91 Å². The second-order valence-corrected chi connectivity index (χ2v) is 3.59. The van der Waals surface area contributed by atoms with Crippen molar-refractivity contribution >= 4 is 5.91 Å². The number of aryl methyl sites for hydroxylation is 1. The molecule has 0 saturated heterocycles. The van der Waals surface area contributed by atoms with Crippen LogP contribution in [-0.2, 0) is 0 Å². The molecule has 0 atom stereocenters. The first-order valence-corrected chi connectivity index (χ1v) is 5.09. The first-order valence-electron chi connectivity index (χ1n) is 5.09. The Morgan fingerprint density at radius 1 is 1.31 bits per heavy atom. The van der Waals surface area contributed by atoms with Crippen LogP contribution >= 0.6 is 0 Å². The van der Waals surface area contributed by atoms with Crippen LogP contribution in [0, 0.1) is 6.92 Å². The van der Waals surface area contributed by atoms with Crippen LogP contribution in [-0.4, -0.2) is 13.0 Å². The molecule has 0 radical (unpaired) electrons. The molecule has 0 saturated carbocycles. The van der Waals surface area contributed by atoms with E-state index in [4.69, 9.17) is 4.42 Å². The van der Waals surface area contributed by atoms with Gasteiger partial charge in [0.1, 0.15) is 5.76 Å². The maximum Gasteiger partial charge on any atom is 0.251 e. The van der Waals surface area contributed by atoms with Crippen LogP contribution in [0.1, 0.15) is 15.9 Å². The molecular weight excluding hydrogens is 202 g/mol. The van der Waals surface area contributed by atoms with Gasteiger partial charge < -0.3 is 9.73 Å². The quantitative estimate of drug-likeness (QED) is 0.836. The molecule has 16 heavy (non-hydrogen) atoms. The third-order valence-electron chi connectivity index (χ3n) is 2.51. The zero-order valence-electron chi connectivity index (χ0n) is 9.28. The Hall–Kier alpha value is -2.03. The van der Waals surface area contributed by atoms with Gasteiger partial charge >= 0.3 is 0 Å². The van der Waals surface area contributed by atoms with E-state index in [0.717, 1.165) is 16.9 Å². The van der Waals surface area contributed by atoms with E-state index in [2.05, 4.69) is 5.32 Å². The molecule has 2 aromatic rings. The van der Waals surface area contributed by atoms with Crippen molar-refractivity contribution in [3.05, 3.63) is 47.7 Å². The SMILES string of the molecule is CNC(=O)c1ccc(C)c(-c2ccco2)c1. The number of rotatable bonds is 2. The molecule has 2 rings (SSSR count). The predicted molar refractivity (Wildman–Crippen MR) is 62.3 cm³/mol. The van der Waals surface area contributed by atoms with E-state index in [1.807, 2.05) is 31.2 Å². The van der Waals surface area contributed by atoms with Crippen molar-refractivity contribution in [2.24, 2.45) is 0 Å². The summed E-state index contributed by atoms with van der Waals surface area (Å²) in [5.74, 6) is 0.691. The average Bonchev–Trinajstić information content (AvgIpc) is 2.82. The molecule has 0 aliphatic rings. The van der Waals surface area contributed by atoms with Gasteiger partial charge in [0.15, 0.2) is 0 Å². The molecule has 3 heteroatoms. The monoisotopic (exact) mass is 215 g/mol. The fourth-order valence-electron chi connectivity index (χ4n) is 1.60. The number of hydrogen-bond donors (Lipinski definition) is 1. The van der Waals surface area contributed by atoms with Crippen LogP contribution in [0.25, 0.3) is 11.3 Å². The summed E-state index contributed by atoms with van der Waals surface area (Å²) in [6, 6.07) is 9.29. The maximum absolute atomic E-state index is 11.5. The molecule has 82 valence electrons. The Morgan fingerprint density at radius 2 is 2.12 bits per heavy atom. The number of furan rings is 1. The number of benzene rings is 1. The van der Waals surface area contributed by atoms with Gasteiger partial charge in [-0.2, -0.15) is 0 Å². The lowest BCUT2D eigenvalue weighted by Crippen LogP contribution is -2.17.